The second-order valence-corrected chi connectivity index (χ2v) is 10.0. The SMILES string of the molecule is C/C=C(\C=C/CCl)C1CCN(C(=O)C(/C=C\C(C)N=Cc2ccccc2)=C/C(C)N=CCCCCC(=O)O)C1. The zero-order valence-corrected chi connectivity index (χ0v) is 24.1. The molecular weight excluding hydrogens is 510 g/mol. The van der Waals surface area contributed by atoms with Crippen LogP contribution >= 0.6 is 11.6 Å². The summed E-state index contributed by atoms with van der Waals surface area (Å²) in [4.78, 5) is 35.4. The Hall–Kier alpha value is -3.25. The fourth-order valence-electron chi connectivity index (χ4n) is 4.34. The summed E-state index contributed by atoms with van der Waals surface area (Å²) in [5, 5.41) is 8.78. The van der Waals surface area contributed by atoms with E-state index in [1.807, 2.05) is 92.7 Å². The summed E-state index contributed by atoms with van der Waals surface area (Å²) in [6, 6.07) is 9.64. The summed E-state index contributed by atoms with van der Waals surface area (Å²) in [7, 11) is 0. The number of nitrogens with zero attached hydrogens (tertiary/aromatic N) is 3. The van der Waals surface area contributed by atoms with E-state index < -0.39 is 5.97 Å². The van der Waals surface area contributed by atoms with Gasteiger partial charge < -0.3 is 10.0 Å². The number of likely N-dealkylation sites (tertiary alicyclic amines) is 1. The molecule has 1 aliphatic heterocycles. The van der Waals surface area contributed by atoms with Crippen LogP contribution in [0.1, 0.15) is 58.4 Å². The molecule has 1 aliphatic rings. The number of carboxylic acids is 1. The molecule has 1 aromatic carbocycles. The number of benzene rings is 1. The Morgan fingerprint density at radius 2 is 1.90 bits per heavy atom. The van der Waals surface area contributed by atoms with Crippen LogP contribution in [0.15, 0.2) is 87.9 Å². The second-order valence-electron chi connectivity index (χ2n) is 9.70. The number of aliphatic carboxylic acids is 1. The maximum atomic E-state index is 13.6. The van der Waals surface area contributed by atoms with Gasteiger partial charge in [0.25, 0.3) is 5.91 Å². The quantitative estimate of drug-likeness (QED) is 0.0868. The molecule has 0 spiro atoms. The summed E-state index contributed by atoms with van der Waals surface area (Å²) in [5.74, 6) is -0.0262. The number of carboxylic acid groups (broad SMARTS) is 1. The predicted octanol–water partition coefficient (Wildman–Crippen LogP) is 6.67. The lowest BCUT2D eigenvalue weighted by Crippen LogP contribution is -2.30. The predicted molar refractivity (Wildman–Crippen MR) is 163 cm³/mol. The van der Waals surface area contributed by atoms with Crippen molar-refractivity contribution in [1.82, 2.24) is 4.90 Å². The maximum absolute atomic E-state index is 13.6. The topological polar surface area (TPSA) is 82.3 Å². The number of carbonyl (C=O) groups excluding carboxylic acids is 1. The van der Waals surface area contributed by atoms with Gasteiger partial charge in [-0.2, -0.15) is 0 Å². The Labute approximate surface area is 238 Å². The molecule has 7 heteroatoms. The van der Waals surface area contributed by atoms with Gasteiger partial charge in [-0.3, -0.25) is 19.6 Å². The summed E-state index contributed by atoms with van der Waals surface area (Å²) < 4.78 is 0. The van der Waals surface area contributed by atoms with Gasteiger partial charge in [-0.15, -0.1) is 11.6 Å². The van der Waals surface area contributed by atoms with E-state index in [9.17, 15) is 9.59 Å². The third-order valence-electron chi connectivity index (χ3n) is 6.47. The van der Waals surface area contributed by atoms with E-state index in [0.29, 0.717) is 43.3 Å². The van der Waals surface area contributed by atoms with Gasteiger partial charge in [-0.05, 0) is 69.9 Å². The molecular formula is C32H42ClN3O3. The van der Waals surface area contributed by atoms with Crippen LogP contribution in [0, 0.1) is 5.92 Å². The number of unbranched alkanes of at least 4 members (excludes halogenated alkanes) is 2. The summed E-state index contributed by atoms with van der Waals surface area (Å²) in [5.41, 5.74) is 2.84. The van der Waals surface area contributed by atoms with Crippen LogP contribution in [0.2, 0.25) is 0 Å². The molecule has 0 aliphatic carbocycles. The first-order valence-electron chi connectivity index (χ1n) is 13.7. The monoisotopic (exact) mass is 551 g/mol. The number of halogens is 1. The lowest BCUT2D eigenvalue weighted by molar-refractivity contribution is -0.137. The van der Waals surface area contributed by atoms with Crippen molar-refractivity contribution in [3.05, 3.63) is 83.5 Å². The lowest BCUT2D eigenvalue weighted by atomic mass is 9.97. The number of allylic oxidation sites excluding steroid dienone is 3. The van der Waals surface area contributed by atoms with E-state index in [1.165, 1.54) is 5.57 Å². The molecule has 6 nitrogen and oxygen atoms in total. The average molecular weight is 552 g/mol. The number of rotatable bonds is 15. The third-order valence-corrected chi connectivity index (χ3v) is 6.65. The average Bonchev–Trinajstić information content (AvgIpc) is 3.42. The molecule has 3 unspecified atom stereocenters. The van der Waals surface area contributed by atoms with Gasteiger partial charge in [-0.1, -0.05) is 60.7 Å². The van der Waals surface area contributed by atoms with Crippen molar-refractivity contribution in [1.29, 1.82) is 0 Å². The normalized spacial score (nSPS) is 18.7. The van der Waals surface area contributed by atoms with Crippen molar-refractivity contribution < 1.29 is 14.7 Å². The summed E-state index contributed by atoms with van der Waals surface area (Å²) in [6.45, 7) is 7.33. The Kier molecular flexibility index (Phi) is 14.8. The lowest BCUT2D eigenvalue weighted by Gasteiger charge is -2.18. The smallest absolute Gasteiger partial charge is 0.303 e. The zero-order valence-electron chi connectivity index (χ0n) is 23.4. The number of aliphatic imine (C=N–C) groups is 2. The van der Waals surface area contributed by atoms with Crippen LogP contribution in [0.25, 0.3) is 0 Å². The third kappa shape index (κ3) is 12.4. The van der Waals surface area contributed by atoms with Crippen molar-refractivity contribution in [2.24, 2.45) is 15.9 Å². The Balaban J connectivity index is 2.14. The first-order chi connectivity index (χ1) is 18.8. The number of carbonyl (C=O) groups is 2. The minimum absolute atomic E-state index is 0.00623. The molecule has 1 saturated heterocycles. The maximum Gasteiger partial charge on any atom is 0.303 e. The summed E-state index contributed by atoms with van der Waals surface area (Å²) in [6.07, 6.45) is 18.7. The number of hydrogen-bond acceptors (Lipinski definition) is 4. The van der Waals surface area contributed by atoms with E-state index in [-0.39, 0.29) is 24.4 Å². The van der Waals surface area contributed by atoms with E-state index in [2.05, 4.69) is 22.1 Å². The van der Waals surface area contributed by atoms with Crippen LogP contribution in [0.5, 0.6) is 0 Å². The molecule has 0 bridgehead atoms. The molecule has 210 valence electrons. The van der Waals surface area contributed by atoms with Gasteiger partial charge in [0.05, 0.1) is 12.1 Å². The van der Waals surface area contributed by atoms with Crippen LogP contribution < -0.4 is 0 Å². The minimum Gasteiger partial charge on any atom is -0.481 e. The molecule has 0 saturated carbocycles. The highest BCUT2D eigenvalue weighted by Gasteiger charge is 2.28. The van der Waals surface area contributed by atoms with Crippen LogP contribution in [0.4, 0.5) is 0 Å². The number of hydrogen-bond donors (Lipinski definition) is 1. The van der Waals surface area contributed by atoms with Crippen LogP contribution in [-0.4, -0.2) is 65.4 Å². The van der Waals surface area contributed by atoms with Gasteiger partial charge in [0.15, 0.2) is 0 Å². The van der Waals surface area contributed by atoms with E-state index >= 15 is 0 Å². The number of alkyl halides is 1. The Bertz CT molecular complexity index is 1090. The largest absolute Gasteiger partial charge is 0.481 e. The molecule has 39 heavy (non-hydrogen) atoms. The van der Waals surface area contributed by atoms with Gasteiger partial charge in [0.2, 0.25) is 0 Å². The molecule has 1 aromatic rings. The van der Waals surface area contributed by atoms with Crippen LogP contribution in [0.3, 0.4) is 0 Å². The van der Waals surface area contributed by atoms with Crippen molar-refractivity contribution in [3.8, 4) is 0 Å². The van der Waals surface area contributed by atoms with E-state index in [4.69, 9.17) is 16.7 Å². The molecule has 0 radical (unpaired) electrons. The molecule has 0 aromatic heterocycles. The minimum atomic E-state index is -0.777. The highest BCUT2D eigenvalue weighted by atomic mass is 35.5. The summed E-state index contributed by atoms with van der Waals surface area (Å²) >= 11 is 5.83. The fourth-order valence-corrected chi connectivity index (χ4v) is 4.43. The highest BCUT2D eigenvalue weighted by molar-refractivity contribution is 6.18. The molecule has 1 amide bonds. The molecule has 1 N–H and O–H groups in total. The zero-order chi connectivity index (χ0) is 28.5. The van der Waals surface area contributed by atoms with E-state index in [0.717, 1.165) is 18.4 Å². The second kappa shape index (κ2) is 18.1. The Morgan fingerprint density at radius 1 is 1.13 bits per heavy atom. The first-order valence-corrected chi connectivity index (χ1v) is 14.3. The van der Waals surface area contributed by atoms with Gasteiger partial charge >= 0.3 is 5.97 Å². The first kappa shape index (κ1) is 32.0. The number of amides is 1. The van der Waals surface area contributed by atoms with Crippen LogP contribution in [-0.2, 0) is 9.59 Å². The molecule has 1 heterocycles. The highest BCUT2D eigenvalue weighted by Crippen LogP contribution is 2.26. The standard InChI is InChI=1S/C32H42ClN3O3/c1-4-28(14-11-19-33)30-18-21-36(24-30)32(39)29(22-26(3)34-20-10-6-9-15-31(37)38)17-16-25(2)35-23-27-12-7-5-8-13-27/h4-5,7-8,11-14,16-17,20,22-23,25-26,30H,6,9-10,15,18-19,21,24H2,1-3H3,(H,37,38)/b14-11-,17-16-,28-4+,29-22+,34-20?,35-23?. The van der Waals surface area contributed by atoms with Crippen molar-refractivity contribution in [3.63, 3.8) is 0 Å². The molecule has 3 atom stereocenters. The van der Waals surface area contributed by atoms with Gasteiger partial charge in [0, 0.05) is 43.1 Å². The van der Waals surface area contributed by atoms with Crippen molar-refractivity contribution >= 4 is 35.9 Å². The Morgan fingerprint density at radius 3 is 2.59 bits per heavy atom. The van der Waals surface area contributed by atoms with Gasteiger partial charge in [0.1, 0.15) is 0 Å². The molecule has 2 rings (SSSR count). The van der Waals surface area contributed by atoms with Crippen molar-refractivity contribution in [2.75, 3.05) is 19.0 Å². The van der Waals surface area contributed by atoms with E-state index in [1.54, 1.807) is 0 Å². The molecule has 1 fully saturated rings. The van der Waals surface area contributed by atoms with Gasteiger partial charge in [-0.25, -0.2) is 0 Å². The van der Waals surface area contributed by atoms with Crippen molar-refractivity contribution in [2.45, 2.75) is 65.0 Å². The fraction of sp³-hybridized carbons (Fsp3) is 0.438.